The summed E-state index contributed by atoms with van der Waals surface area (Å²) in [7, 11) is 3.52. The molecule has 0 spiro atoms. The molecule has 1 fully saturated rings. The summed E-state index contributed by atoms with van der Waals surface area (Å²) in [5.41, 5.74) is 0. The van der Waals surface area contributed by atoms with E-state index in [4.69, 9.17) is 9.47 Å². The van der Waals surface area contributed by atoms with Crippen molar-refractivity contribution >= 4 is 0 Å². The summed E-state index contributed by atoms with van der Waals surface area (Å²) < 4.78 is 10.4. The molecule has 0 aromatic rings. The van der Waals surface area contributed by atoms with Crippen LogP contribution in [0.1, 0.15) is 32.1 Å². The maximum Gasteiger partial charge on any atom is 0.0550 e. The Kier molecular flexibility index (Phi) is 5.40. The minimum absolute atomic E-state index is 0.758. The van der Waals surface area contributed by atoms with Crippen molar-refractivity contribution in [2.24, 2.45) is 5.92 Å². The SMILES string of the molecule is COC[C](COC)C1CCCCC1. The molecule has 0 saturated heterocycles. The number of methoxy groups -OCH3 is 2. The van der Waals surface area contributed by atoms with Gasteiger partial charge in [0.05, 0.1) is 13.2 Å². The van der Waals surface area contributed by atoms with Gasteiger partial charge >= 0.3 is 0 Å². The van der Waals surface area contributed by atoms with E-state index in [-0.39, 0.29) is 0 Å². The summed E-state index contributed by atoms with van der Waals surface area (Å²) in [6.45, 7) is 1.55. The molecule has 0 bridgehead atoms. The molecule has 0 amide bonds. The van der Waals surface area contributed by atoms with Gasteiger partial charge in [0.2, 0.25) is 0 Å². The third-order valence-corrected chi connectivity index (χ3v) is 2.84. The fraction of sp³-hybridized carbons (Fsp3) is 0.909. The van der Waals surface area contributed by atoms with E-state index in [0.29, 0.717) is 0 Å². The number of rotatable bonds is 5. The van der Waals surface area contributed by atoms with Gasteiger partial charge in [0.15, 0.2) is 0 Å². The zero-order valence-electron chi connectivity index (χ0n) is 8.84. The van der Waals surface area contributed by atoms with Crippen LogP contribution in [0.5, 0.6) is 0 Å². The highest BCUT2D eigenvalue weighted by Crippen LogP contribution is 2.31. The van der Waals surface area contributed by atoms with Gasteiger partial charge in [-0.2, -0.15) is 0 Å². The molecule has 77 valence electrons. The average molecular weight is 185 g/mol. The summed E-state index contributed by atoms with van der Waals surface area (Å²) in [5, 5.41) is 0. The van der Waals surface area contributed by atoms with Gasteiger partial charge in [-0.3, -0.25) is 0 Å². The Morgan fingerprint density at radius 2 is 1.54 bits per heavy atom. The van der Waals surface area contributed by atoms with Crippen LogP contribution in [0.25, 0.3) is 0 Å². The highest BCUT2D eigenvalue weighted by atomic mass is 16.5. The number of hydrogen-bond acceptors (Lipinski definition) is 2. The van der Waals surface area contributed by atoms with E-state index in [0.717, 1.165) is 19.1 Å². The molecule has 2 heteroatoms. The molecule has 1 saturated carbocycles. The van der Waals surface area contributed by atoms with Crippen molar-refractivity contribution in [2.45, 2.75) is 32.1 Å². The minimum atomic E-state index is 0.758. The fourth-order valence-corrected chi connectivity index (χ4v) is 2.16. The lowest BCUT2D eigenvalue weighted by Crippen LogP contribution is -2.24. The van der Waals surface area contributed by atoms with Gasteiger partial charge < -0.3 is 9.47 Å². The van der Waals surface area contributed by atoms with Gasteiger partial charge in [-0.05, 0) is 18.8 Å². The standard InChI is InChI=1S/C11H21O2/c1-12-8-11(9-13-2)10-6-4-3-5-7-10/h10H,3-9H2,1-2H3. The highest BCUT2D eigenvalue weighted by Gasteiger charge is 2.23. The average Bonchev–Trinajstić information content (AvgIpc) is 2.19. The molecule has 0 aromatic carbocycles. The predicted molar refractivity (Wildman–Crippen MR) is 53.6 cm³/mol. The quantitative estimate of drug-likeness (QED) is 0.655. The van der Waals surface area contributed by atoms with Gasteiger partial charge in [-0.25, -0.2) is 0 Å². The largest absolute Gasteiger partial charge is 0.384 e. The Labute approximate surface area is 81.6 Å². The van der Waals surface area contributed by atoms with Gasteiger partial charge in [0.25, 0.3) is 0 Å². The molecule has 2 nitrogen and oxygen atoms in total. The van der Waals surface area contributed by atoms with Gasteiger partial charge in [-0.15, -0.1) is 0 Å². The second kappa shape index (κ2) is 6.39. The first-order valence-electron chi connectivity index (χ1n) is 5.21. The lowest BCUT2D eigenvalue weighted by atomic mass is 9.80. The van der Waals surface area contributed by atoms with E-state index in [9.17, 15) is 0 Å². The van der Waals surface area contributed by atoms with Crippen molar-refractivity contribution in [1.29, 1.82) is 0 Å². The molecule has 0 aliphatic heterocycles. The third-order valence-electron chi connectivity index (χ3n) is 2.84. The van der Waals surface area contributed by atoms with Crippen molar-refractivity contribution in [3.05, 3.63) is 5.92 Å². The Bertz CT molecular complexity index is 113. The number of ether oxygens (including phenoxy) is 2. The molecule has 0 N–H and O–H groups in total. The van der Waals surface area contributed by atoms with E-state index in [1.807, 2.05) is 0 Å². The van der Waals surface area contributed by atoms with Crippen molar-refractivity contribution < 1.29 is 9.47 Å². The molecule has 0 unspecified atom stereocenters. The first-order chi connectivity index (χ1) is 6.38. The van der Waals surface area contributed by atoms with Crippen LogP contribution in [0, 0.1) is 11.8 Å². The molecule has 1 aliphatic carbocycles. The maximum atomic E-state index is 5.19. The normalized spacial score (nSPS) is 19.6. The maximum absolute atomic E-state index is 5.19. The second-order valence-corrected chi connectivity index (χ2v) is 3.86. The minimum Gasteiger partial charge on any atom is -0.384 e. The second-order valence-electron chi connectivity index (χ2n) is 3.86. The molecule has 13 heavy (non-hydrogen) atoms. The Balaban J connectivity index is 2.32. The molecule has 0 aromatic heterocycles. The van der Waals surface area contributed by atoms with Crippen LogP contribution in [0.3, 0.4) is 0 Å². The smallest absolute Gasteiger partial charge is 0.0550 e. The zero-order valence-corrected chi connectivity index (χ0v) is 8.84. The first-order valence-corrected chi connectivity index (χ1v) is 5.21. The van der Waals surface area contributed by atoms with Crippen LogP contribution >= 0.6 is 0 Å². The van der Waals surface area contributed by atoms with Crippen LogP contribution in [-0.4, -0.2) is 27.4 Å². The predicted octanol–water partition coefficient (Wildman–Crippen LogP) is 2.43. The molecule has 0 heterocycles. The fourth-order valence-electron chi connectivity index (χ4n) is 2.16. The lowest BCUT2D eigenvalue weighted by Gasteiger charge is -2.28. The van der Waals surface area contributed by atoms with E-state index in [2.05, 4.69) is 0 Å². The van der Waals surface area contributed by atoms with Crippen LogP contribution in [0.4, 0.5) is 0 Å². The van der Waals surface area contributed by atoms with Gasteiger partial charge in [0, 0.05) is 20.1 Å². The van der Waals surface area contributed by atoms with Crippen molar-refractivity contribution in [3.8, 4) is 0 Å². The Morgan fingerprint density at radius 1 is 1.00 bits per heavy atom. The van der Waals surface area contributed by atoms with E-state index < -0.39 is 0 Å². The van der Waals surface area contributed by atoms with Gasteiger partial charge in [-0.1, -0.05) is 19.3 Å². The summed E-state index contributed by atoms with van der Waals surface area (Å²) in [5.74, 6) is 2.21. The summed E-state index contributed by atoms with van der Waals surface area (Å²) in [4.78, 5) is 0. The third kappa shape index (κ3) is 3.65. The van der Waals surface area contributed by atoms with Crippen LogP contribution in [0.2, 0.25) is 0 Å². The molecule has 1 aliphatic rings. The van der Waals surface area contributed by atoms with Crippen molar-refractivity contribution in [3.63, 3.8) is 0 Å². The topological polar surface area (TPSA) is 18.5 Å². The van der Waals surface area contributed by atoms with E-state index >= 15 is 0 Å². The molecule has 1 radical (unpaired) electrons. The summed E-state index contributed by atoms with van der Waals surface area (Å²) in [6, 6.07) is 0. The van der Waals surface area contributed by atoms with Gasteiger partial charge in [0.1, 0.15) is 0 Å². The van der Waals surface area contributed by atoms with Crippen LogP contribution in [-0.2, 0) is 9.47 Å². The Morgan fingerprint density at radius 3 is 2.00 bits per heavy atom. The monoisotopic (exact) mass is 185 g/mol. The van der Waals surface area contributed by atoms with Crippen LogP contribution < -0.4 is 0 Å². The highest BCUT2D eigenvalue weighted by molar-refractivity contribution is 4.97. The molecular formula is C11H21O2. The van der Waals surface area contributed by atoms with Crippen molar-refractivity contribution in [2.75, 3.05) is 27.4 Å². The molecular weight excluding hydrogens is 164 g/mol. The van der Waals surface area contributed by atoms with E-state index in [1.54, 1.807) is 14.2 Å². The van der Waals surface area contributed by atoms with Crippen LogP contribution in [0.15, 0.2) is 0 Å². The molecule has 0 atom stereocenters. The molecule has 1 rings (SSSR count). The first kappa shape index (κ1) is 11.0. The number of hydrogen-bond donors (Lipinski definition) is 0. The van der Waals surface area contributed by atoms with E-state index in [1.165, 1.54) is 38.0 Å². The Hall–Kier alpha value is -0.0800. The lowest BCUT2D eigenvalue weighted by molar-refractivity contribution is 0.128. The summed E-state index contributed by atoms with van der Waals surface area (Å²) in [6.07, 6.45) is 6.83. The van der Waals surface area contributed by atoms with Crippen molar-refractivity contribution in [1.82, 2.24) is 0 Å². The zero-order chi connectivity index (χ0) is 9.52. The summed E-state index contributed by atoms with van der Waals surface area (Å²) >= 11 is 0.